The SMILES string of the molecule is CC(C)(C)COCCOc1ccccc1.CC(C)(C)c1ccc2c(c1)CCCN2S(C)(=O)=O.CC(C)(C)c1ccn(-c2cccc(Cl)c2)n1.CC(C)(C)c1ccn(-c2ccccc2)n1.CC(C)(C)c1csc(-c2ccoc2)n1.CN(CC(C)(C)C)S(=O)(=O)c1ccccc1.COc1cn(-c2ccccc2)nc1C(C)(C)C.Cn1cc(-c2nc(C(C)(C)C)cs2)cn1. The Balaban J connectivity index is 0.000000198. The zero-order chi connectivity index (χ0) is 93.4. The Kier molecular flexibility index (Phi) is 36.7. The van der Waals surface area contributed by atoms with E-state index in [1.807, 2.05) is 206 Å². The number of sulfonamides is 2. The predicted octanol–water partition coefficient (Wildman–Crippen LogP) is 24.9. The monoisotopic (exact) mass is 1810 g/mol. The first-order chi connectivity index (χ1) is 58.6. The summed E-state index contributed by atoms with van der Waals surface area (Å²) in [5, 5.41) is 24.9. The Morgan fingerprint density at radius 3 is 1.44 bits per heavy atom. The van der Waals surface area contributed by atoms with E-state index in [9.17, 15) is 16.8 Å². The highest BCUT2D eigenvalue weighted by atomic mass is 35.5. The van der Waals surface area contributed by atoms with Gasteiger partial charge in [-0.15, -0.1) is 22.7 Å². The summed E-state index contributed by atoms with van der Waals surface area (Å²) < 4.78 is 79.6. The first-order valence-corrected chi connectivity index (χ1v) is 48.0. The summed E-state index contributed by atoms with van der Waals surface area (Å²) in [6, 6.07) is 58.4. The van der Waals surface area contributed by atoms with Gasteiger partial charge in [-0.2, -0.15) is 20.4 Å². The minimum Gasteiger partial charge on any atom is -0.493 e. The van der Waals surface area contributed by atoms with Crippen molar-refractivity contribution in [3.63, 3.8) is 0 Å². The fourth-order valence-corrected chi connectivity index (χ4v) is 16.8. The van der Waals surface area contributed by atoms with Gasteiger partial charge < -0.3 is 18.6 Å². The first kappa shape index (κ1) is 103. The summed E-state index contributed by atoms with van der Waals surface area (Å²) in [7, 11) is -1.27. The van der Waals surface area contributed by atoms with Crippen LogP contribution in [0.3, 0.4) is 0 Å². The molecule has 0 amide bonds. The van der Waals surface area contributed by atoms with Gasteiger partial charge in [-0.1, -0.05) is 269 Å². The van der Waals surface area contributed by atoms with Crippen molar-refractivity contribution in [1.82, 2.24) is 53.4 Å². The van der Waals surface area contributed by atoms with Crippen molar-refractivity contribution in [3.8, 4) is 49.7 Å². The summed E-state index contributed by atoms with van der Waals surface area (Å²) in [6.45, 7) is 54.6. The Labute approximate surface area is 765 Å². The molecule has 0 atom stereocenters. The van der Waals surface area contributed by atoms with Gasteiger partial charge in [-0.25, -0.2) is 45.2 Å². The molecule has 0 radical (unpaired) electrons. The summed E-state index contributed by atoms with van der Waals surface area (Å²) in [5.41, 5.74) is 14.7. The molecule has 0 saturated heterocycles. The third-order valence-corrected chi connectivity index (χ3v) is 24.1. The lowest BCUT2D eigenvalue weighted by Crippen LogP contribution is -2.34. The minimum absolute atomic E-state index is 0.0224. The van der Waals surface area contributed by atoms with Crippen molar-refractivity contribution in [2.45, 2.75) is 216 Å². The lowest BCUT2D eigenvalue weighted by molar-refractivity contribution is 0.0514. The van der Waals surface area contributed by atoms with Crippen LogP contribution in [0.4, 0.5) is 5.69 Å². The zero-order valence-corrected chi connectivity index (χ0v) is 83.6. The van der Waals surface area contributed by atoms with Crippen LogP contribution in [-0.4, -0.2) is 124 Å². The molecule has 680 valence electrons. The third kappa shape index (κ3) is 33.4. The number of nitrogens with zero attached hydrogens (tertiary/aromatic N) is 12. The van der Waals surface area contributed by atoms with Crippen LogP contribution in [0.1, 0.15) is 212 Å². The molecule has 1 aliphatic rings. The Morgan fingerprint density at radius 2 is 1.02 bits per heavy atom. The molecule has 0 fully saturated rings. The number of hydrogen-bond donors (Lipinski definition) is 0. The van der Waals surface area contributed by atoms with Crippen molar-refractivity contribution in [2.24, 2.45) is 17.9 Å². The molecule has 13 aromatic rings. The maximum absolute atomic E-state index is 12.1. The largest absolute Gasteiger partial charge is 0.493 e. The van der Waals surface area contributed by atoms with Crippen LogP contribution < -0.4 is 13.8 Å². The van der Waals surface area contributed by atoms with Gasteiger partial charge in [0.1, 0.15) is 34.3 Å². The summed E-state index contributed by atoms with van der Waals surface area (Å²) in [6.07, 6.45) is 16.3. The van der Waals surface area contributed by atoms with Crippen LogP contribution in [-0.2, 0) is 70.7 Å². The van der Waals surface area contributed by atoms with Gasteiger partial charge in [0.25, 0.3) is 0 Å². The van der Waals surface area contributed by atoms with Gasteiger partial charge in [0.2, 0.25) is 20.0 Å². The van der Waals surface area contributed by atoms with Gasteiger partial charge in [-0.3, -0.25) is 8.99 Å². The molecule has 14 rings (SSSR count). The van der Waals surface area contributed by atoms with Crippen LogP contribution >= 0.6 is 34.3 Å². The number of hydrogen-bond acceptors (Lipinski definition) is 16. The number of aryl methyl sites for hydroxylation is 2. The number of fused-ring (bicyclic) bond motifs is 1. The number of aromatic nitrogens is 10. The van der Waals surface area contributed by atoms with Crippen LogP contribution in [0.2, 0.25) is 5.02 Å². The quantitative estimate of drug-likeness (QED) is 0.0874. The maximum atomic E-state index is 12.1. The molecule has 0 saturated carbocycles. The third-order valence-electron chi connectivity index (χ3n) is 19.1. The van der Waals surface area contributed by atoms with Crippen LogP contribution in [0.15, 0.2) is 246 Å². The summed E-state index contributed by atoms with van der Waals surface area (Å²) >= 11 is 9.29. The van der Waals surface area contributed by atoms with Crippen LogP contribution in [0, 0.1) is 10.8 Å². The van der Waals surface area contributed by atoms with E-state index in [0.717, 1.165) is 114 Å². The van der Waals surface area contributed by atoms with E-state index in [1.165, 1.54) is 20.4 Å². The lowest BCUT2D eigenvalue weighted by atomic mass is 9.85. The van der Waals surface area contributed by atoms with Crippen LogP contribution in [0.5, 0.6) is 11.5 Å². The maximum Gasteiger partial charge on any atom is 0.242 e. The average Bonchev–Trinajstić information content (AvgIpc) is 1.21. The molecule has 126 heavy (non-hydrogen) atoms. The molecule has 8 heterocycles. The predicted molar refractivity (Wildman–Crippen MR) is 523 cm³/mol. The molecule has 7 aromatic heterocycles. The molecular weight excluding hydrogens is 1670 g/mol. The van der Waals surface area contributed by atoms with E-state index in [0.29, 0.717) is 31.2 Å². The van der Waals surface area contributed by atoms with Gasteiger partial charge >= 0.3 is 0 Å². The standard InChI is InChI=1S/C14H18N2O.C14H21NO2S.C13H15ClN2.C13H16N2.C13H20O2.C12H19NO2S.C11H15N3S.C11H13NOS/c1-14(2,3)13-12(17-4)10-16(15-13)11-8-6-5-7-9-11;1-14(2,3)12-7-8-13-11(10-12)6-5-9-15(13)18(4,16)17;1-13(2,3)12-7-8-16(15-12)11-6-4-5-10(14)9-11;1-13(2,3)12-9-10-15(14-12)11-7-5-4-6-8-11;1-13(2,3)11-14-9-10-15-12-7-5-4-6-8-12;1-12(2,3)10-13(4)16(14,15)11-8-6-5-7-9-11;1-11(2,3)9-7-15-10(13-9)8-5-12-14(4)6-8;1-11(2,3)9-7-14-10(12-9)8-4-5-13-6-8/h5-10H,1-4H3;7-8,10H,5-6,9H2,1-4H3;4-9H,1-3H3;4-10H,1-3H3;4-8H,9-11H2,1-3H3;5-9H,10H2,1-4H3;5-7H,1-4H3;4-7H,1-3H3. The van der Waals surface area contributed by atoms with Crippen molar-refractivity contribution in [1.29, 1.82) is 0 Å². The van der Waals surface area contributed by atoms with Crippen molar-refractivity contribution < 1.29 is 35.5 Å². The molecule has 0 unspecified atom stereocenters. The minimum atomic E-state index is -3.34. The zero-order valence-electron chi connectivity index (χ0n) is 79.6. The summed E-state index contributed by atoms with van der Waals surface area (Å²) in [5.74, 6) is 1.73. The number of para-hydroxylation sites is 3. The molecule has 6 aromatic carbocycles. The van der Waals surface area contributed by atoms with Crippen molar-refractivity contribution >= 4 is 60.0 Å². The number of benzene rings is 6. The van der Waals surface area contributed by atoms with E-state index in [-0.39, 0.29) is 43.3 Å². The topological polar surface area (TPSA) is 213 Å². The molecule has 0 bridgehead atoms. The van der Waals surface area contributed by atoms with E-state index >= 15 is 0 Å². The highest BCUT2D eigenvalue weighted by Crippen LogP contribution is 2.36. The number of methoxy groups -OCH3 is 1. The van der Waals surface area contributed by atoms with Gasteiger partial charge in [-0.05, 0) is 131 Å². The highest BCUT2D eigenvalue weighted by molar-refractivity contribution is 7.92. The van der Waals surface area contributed by atoms with Crippen molar-refractivity contribution in [2.75, 3.05) is 57.6 Å². The number of furan rings is 1. The molecule has 0 aliphatic carbocycles. The molecular formula is C101H137ClN12O8S4. The van der Waals surface area contributed by atoms with Gasteiger partial charge in [0.05, 0.1) is 95.7 Å². The lowest BCUT2D eigenvalue weighted by Gasteiger charge is -2.31. The molecule has 25 heteroatoms. The number of thiazole rings is 2. The Hall–Kier alpha value is -9.79. The number of anilines is 1. The number of halogens is 1. The molecule has 0 spiro atoms. The Morgan fingerprint density at radius 1 is 0.516 bits per heavy atom. The van der Waals surface area contributed by atoms with E-state index in [2.05, 4.69) is 211 Å². The van der Waals surface area contributed by atoms with E-state index in [1.54, 1.807) is 78.3 Å². The highest BCUT2D eigenvalue weighted by Gasteiger charge is 2.29. The molecule has 1 aliphatic heterocycles. The smallest absolute Gasteiger partial charge is 0.242 e. The second kappa shape index (κ2) is 44.8. The number of ether oxygens (including phenoxy) is 3. The van der Waals surface area contributed by atoms with Crippen LogP contribution in [0.25, 0.3) is 38.2 Å². The second-order valence-corrected chi connectivity index (χ2v) is 45.7. The average molecular weight is 1810 g/mol. The summed E-state index contributed by atoms with van der Waals surface area (Å²) in [4.78, 5) is 9.56. The molecule has 0 N–H and O–H groups in total. The second-order valence-electron chi connectivity index (χ2n) is 39.6. The first-order valence-electron chi connectivity index (χ1n) is 42.6. The van der Waals surface area contributed by atoms with Crippen molar-refractivity contribution in [3.05, 3.63) is 281 Å². The fraction of sp³-hybridized carbons (Fsp3) is 0.426. The molecule has 20 nitrogen and oxygen atoms in total. The van der Waals surface area contributed by atoms with E-state index in [4.69, 9.17) is 30.2 Å². The fourth-order valence-electron chi connectivity index (χ4n) is 12.1. The normalized spacial score (nSPS) is 12.6. The van der Waals surface area contributed by atoms with Gasteiger partial charge in [0.15, 0.2) is 5.75 Å². The van der Waals surface area contributed by atoms with E-state index < -0.39 is 20.0 Å². The Bertz CT molecular complexity index is 5650. The van der Waals surface area contributed by atoms with Gasteiger partial charge in [0, 0.05) is 99.8 Å². The number of rotatable bonds is 15.